The van der Waals surface area contributed by atoms with E-state index in [2.05, 4.69) is 11.7 Å². The Hall–Kier alpha value is -1.46. The molecule has 0 spiro atoms. The summed E-state index contributed by atoms with van der Waals surface area (Å²) < 4.78 is 9.53. The molecule has 48 heavy (non-hydrogen) atoms. The van der Waals surface area contributed by atoms with Crippen molar-refractivity contribution in [3.05, 3.63) is 0 Å². The van der Waals surface area contributed by atoms with Crippen LogP contribution in [0.3, 0.4) is 0 Å². The molecule has 0 aromatic carbocycles. The first kappa shape index (κ1) is 44.6. The van der Waals surface area contributed by atoms with Crippen LogP contribution >= 0.6 is 0 Å². The molecule has 1 rings (SSSR count). The van der Waals surface area contributed by atoms with Crippen LogP contribution in [0.25, 0.3) is 0 Å². The fraction of sp³-hybridized carbons (Fsp3) is 0.941. The Kier molecular flexibility index (Phi) is 21.4. The minimum atomic E-state index is -2.83. The molecule has 0 radical (unpaired) electrons. The first-order valence-electron chi connectivity index (χ1n) is 18.0. The third-order valence-corrected chi connectivity index (χ3v) is 9.27. The summed E-state index contributed by atoms with van der Waals surface area (Å²) in [6.07, 6.45) is 11.9. The van der Waals surface area contributed by atoms with Gasteiger partial charge in [0.25, 0.3) is 6.47 Å². The van der Waals surface area contributed by atoms with Crippen LogP contribution < -0.4 is 0 Å². The molecule has 0 aromatic heterocycles. The van der Waals surface area contributed by atoms with Crippen molar-refractivity contribution in [1.82, 2.24) is 4.90 Å². The second kappa shape index (κ2) is 23.1. The highest BCUT2D eigenvalue weighted by atomic mass is 16.8. The van der Waals surface area contributed by atoms with Gasteiger partial charge in [0.05, 0.1) is 5.92 Å². The maximum atomic E-state index is 13.1. The van der Waals surface area contributed by atoms with Gasteiger partial charge in [-0.25, -0.2) is 4.90 Å². The van der Waals surface area contributed by atoms with E-state index in [4.69, 9.17) is 9.84 Å². The highest BCUT2D eigenvalue weighted by Crippen LogP contribution is 2.32. The Morgan fingerprint density at radius 1 is 0.771 bits per heavy atom. The van der Waals surface area contributed by atoms with E-state index in [-0.39, 0.29) is 57.6 Å². The van der Waals surface area contributed by atoms with Crippen LogP contribution in [0.1, 0.15) is 148 Å². The molecule has 9 N–H and O–H groups in total. The molecular weight excluding hydrogens is 630 g/mol. The Bertz CT molecular complexity index is 862. The number of carbonyl (C=O) groups excluding carboxylic acids is 2. The number of carbonyl (C=O) groups is 2. The smallest absolute Gasteiger partial charge is 0.324 e. The standard InChI is InChI=1S/C34H65NO13/c1-2-3-4-5-6-10-18-29(25-28-16-8-7-9-17-28)30(38)47-26-31(39,40)19-15-21-33(43,44)35(23-13-14-24-36)32(41,42)20-11-12-22-34(45,46)48-27-37/h27-29,36,39-46H,2-26H2,1H3. The zero-order valence-electron chi connectivity index (χ0n) is 29.0. The largest absolute Gasteiger partial charge is 0.460 e. The summed E-state index contributed by atoms with van der Waals surface area (Å²) in [6.45, 7) is 0.851. The third-order valence-electron chi connectivity index (χ3n) is 9.27. The van der Waals surface area contributed by atoms with E-state index in [0.29, 0.717) is 17.2 Å². The highest BCUT2D eigenvalue weighted by Gasteiger charge is 2.45. The van der Waals surface area contributed by atoms with Crippen molar-refractivity contribution in [2.45, 2.75) is 172 Å². The van der Waals surface area contributed by atoms with Gasteiger partial charge >= 0.3 is 11.9 Å². The molecule has 0 saturated heterocycles. The molecule has 284 valence electrons. The van der Waals surface area contributed by atoms with Gasteiger partial charge in [-0.3, -0.25) is 9.59 Å². The minimum Gasteiger partial charge on any atom is -0.460 e. The molecule has 0 amide bonds. The van der Waals surface area contributed by atoms with E-state index in [0.717, 1.165) is 57.8 Å². The summed E-state index contributed by atoms with van der Waals surface area (Å²) >= 11 is 0. The van der Waals surface area contributed by atoms with Gasteiger partial charge in [0.1, 0.15) is 6.61 Å². The fourth-order valence-electron chi connectivity index (χ4n) is 6.46. The van der Waals surface area contributed by atoms with E-state index < -0.39 is 61.8 Å². The van der Waals surface area contributed by atoms with Crippen LogP contribution in [0.5, 0.6) is 0 Å². The number of rotatable bonds is 29. The Balaban J connectivity index is 2.73. The number of aliphatic hydroxyl groups excluding tert-OH is 1. The number of aliphatic hydroxyl groups is 9. The number of ether oxygens (including phenoxy) is 2. The number of hydrogen-bond acceptors (Lipinski definition) is 14. The van der Waals surface area contributed by atoms with Crippen LogP contribution in [0.4, 0.5) is 0 Å². The molecule has 0 aromatic rings. The maximum Gasteiger partial charge on any atom is 0.324 e. The Labute approximate surface area is 285 Å². The normalized spacial score (nSPS) is 15.9. The van der Waals surface area contributed by atoms with Crippen molar-refractivity contribution in [2.24, 2.45) is 11.8 Å². The van der Waals surface area contributed by atoms with E-state index in [1.54, 1.807) is 0 Å². The zero-order chi connectivity index (χ0) is 36.1. The zero-order valence-corrected chi connectivity index (χ0v) is 29.0. The van der Waals surface area contributed by atoms with Crippen molar-refractivity contribution >= 4 is 12.4 Å². The van der Waals surface area contributed by atoms with Gasteiger partial charge in [0.2, 0.25) is 11.8 Å². The first-order valence-corrected chi connectivity index (χ1v) is 18.0. The second-order valence-corrected chi connectivity index (χ2v) is 13.7. The Morgan fingerprint density at radius 2 is 1.38 bits per heavy atom. The first-order chi connectivity index (χ1) is 22.6. The number of unbranched alkanes of at least 4 members (excludes halogenated alkanes) is 7. The van der Waals surface area contributed by atoms with Crippen molar-refractivity contribution < 1.29 is 65.0 Å². The van der Waals surface area contributed by atoms with Gasteiger partial charge < -0.3 is 55.4 Å². The van der Waals surface area contributed by atoms with Crippen LogP contribution in [0.15, 0.2) is 0 Å². The molecular formula is C34H65NO13. The number of hydrogen-bond donors (Lipinski definition) is 9. The fourth-order valence-corrected chi connectivity index (χ4v) is 6.46. The van der Waals surface area contributed by atoms with Gasteiger partial charge in [-0.1, -0.05) is 77.6 Å². The van der Waals surface area contributed by atoms with Gasteiger partial charge in [0, 0.05) is 38.8 Å². The predicted octanol–water partition coefficient (Wildman–Crippen LogP) is 2.44. The third kappa shape index (κ3) is 19.1. The van der Waals surface area contributed by atoms with E-state index in [1.165, 1.54) is 19.3 Å². The van der Waals surface area contributed by atoms with Crippen LogP contribution in [-0.4, -0.2) is 107 Å². The van der Waals surface area contributed by atoms with Crippen LogP contribution in [0, 0.1) is 11.8 Å². The average Bonchev–Trinajstić information content (AvgIpc) is 3.01. The summed E-state index contributed by atoms with van der Waals surface area (Å²) in [5.74, 6) is -11.1. The van der Waals surface area contributed by atoms with Crippen LogP contribution in [-0.2, 0) is 19.1 Å². The quantitative estimate of drug-likeness (QED) is 0.0237. The van der Waals surface area contributed by atoms with E-state index in [9.17, 15) is 50.4 Å². The summed E-state index contributed by atoms with van der Waals surface area (Å²) in [4.78, 5) is 24.1. The van der Waals surface area contributed by atoms with E-state index >= 15 is 0 Å². The lowest BCUT2D eigenvalue weighted by molar-refractivity contribution is -0.389. The molecule has 14 heteroatoms. The molecule has 1 aliphatic rings. The van der Waals surface area contributed by atoms with Crippen molar-refractivity contribution in [2.75, 3.05) is 19.8 Å². The summed E-state index contributed by atoms with van der Waals surface area (Å²) in [5.41, 5.74) is 0. The van der Waals surface area contributed by atoms with Crippen molar-refractivity contribution in [3.8, 4) is 0 Å². The lowest BCUT2D eigenvalue weighted by Gasteiger charge is -2.43. The molecule has 0 bridgehead atoms. The van der Waals surface area contributed by atoms with Gasteiger partial charge in [-0.2, -0.15) is 0 Å². The van der Waals surface area contributed by atoms with Crippen molar-refractivity contribution in [1.29, 1.82) is 0 Å². The van der Waals surface area contributed by atoms with Crippen molar-refractivity contribution in [3.63, 3.8) is 0 Å². The molecule has 14 nitrogen and oxygen atoms in total. The van der Waals surface area contributed by atoms with E-state index in [1.807, 2.05) is 0 Å². The lowest BCUT2D eigenvalue weighted by atomic mass is 9.81. The topological polar surface area (TPSA) is 238 Å². The lowest BCUT2D eigenvalue weighted by Crippen LogP contribution is -2.61. The van der Waals surface area contributed by atoms with Gasteiger partial charge in [-0.05, 0) is 50.9 Å². The molecule has 1 unspecified atom stereocenters. The summed E-state index contributed by atoms with van der Waals surface area (Å²) in [7, 11) is 0. The summed E-state index contributed by atoms with van der Waals surface area (Å²) in [6, 6.07) is 0. The predicted molar refractivity (Wildman–Crippen MR) is 175 cm³/mol. The molecule has 1 saturated carbocycles. The molecule has 1 aliphatic carbocycles. The maximum absolute atomic E-state index is 13.1. The Morgan fingerprint density at radius 3 is 2.00 bits per heavy atom. The highest BCUT2D eigenvalue weighted by molar-refractivity contribution is 5.72. The van der Waals surface area contributed by atoms with Gasteiger partial charge in [-0.15, -0.1) is 0 Å². The molecule has 1 atom stereocenters. The molecule has 1 fully saturated rings. The number of nitrogens with zero attached hydrogens (tertiary/aromatic N) is 1. The second-order valence-electron chi connectivity index (χ2n) is 13.7. The summed E-state index contributed by atoms with van der Waals surface area (Å²) in [5, 5.41) is 92.6. The SMILES string of the molecule is CCCCCCCCC(CC1CCCCC1)C(=O)OCC(O)(O)CCCC(O)(O)N(CCCCO)C(O)(O)CCCCC(O)(O)OC=O. The van der Waals surface area contributed by atoms with Gasteiger partial charge in [0.15, 0.2) is 5.79 Å². The molecule has 0 heterocycles. The number of esters is 1. The van der Waals surface area contributed by atoms with Crippen LogP contribution in [0.2, 0.25) is 0 Å². The molecule has 0 aliphatic heterocycles. The minimum absolute atomic E-state index is 0.0330. The average molecular weight is 696 g/mol. The monoisotopic (exact) mass is 695 g/mol.